The van der Waals surface area contributed by atoms with Gasteiger partial charge in [-0.2, -0.15) is 13.2 Å². The molecule has 33 heavy (non-hydrogen) atoms. The molecule has 1 amide bonds. The predicted octanol–water partition coefficient (Wildman–Crippen LogP) is 5.12. The zero-order valence-corrected chi connectivity index (χ0v) is 18.0. The third-order valence-corrected chi connectivity index (χ3v) is 6.48. The van der Waals surface area contributed by atoms with Crippen molar-refractivity contribution < 1.29 is 31.1 Å². The number of thiazole rings is 1. The summed E-state index contributed by atoms with van der Waals surface area (Å²) >= 11 is 1.12. The number of benzene rings is 2. The number of sulfonamides is 1. The topological polar surface area (TPSA) is 110 Å². The lowest BCUT2D eigenvalue weighted by Gasteiger charge is -2.12. The van der Waals surface area contributed by atoms with E-state index in [4.69, 9.17) is 4.74 Å². The number of aromatic nitrogens is 2. The predicted molar refractivity (Wildman–Crippen MR) is 116 cm³/mol. The SMILES string of the molecule is O=C(Nc1ccc(S(=O)(=O)Nc2nccs2)cc1)Oc1ccnc2c(C(F)(F)F)cccc12. The molecule has 8 nitrogen and oxygen atoms in total. The van der Waals surface area contributed by atoms with E-state index in [1.807, 2.05) is 0 Å². The number of ether oxygens (including phenoxy) is 1. The monoisotopic (exact) mass is 494 g/mol. The minimum atomic E-state index is -4.62. The first-order valence-corrected chi connectivity index (χ1v) is 11.5. The maximum Gasteiger partial charge on any atom is 0.418 e. The number of pyridine rings is 1. The Morgan fingerprint density at radius 1 is 1.00 bits per heavy atom. The second-order valence-corrected chi connectivity index (χ2v) is 9.07. The Kier molecular flexibility index (Phi) is 5.91. The normalized spacial score (nSPS) is 11.8. The second-order valence-electron chi connectivity index (χ2n) is 6.49. The number of hydrogen-bond acceptors (Lipinski definition) is 7. The van der Waals surface area contributed by atoms with Crippen molar-refractivity contribution >= 4 is 49.2 Å². The molecule has 0 spiro atoms. The van der Waals surface area contributed by atoms with E-state index in [9.17, 15) is 26.4 Å². The number of carbonyl (C=O) groups is 1. The number of para-hydroxylation sites is 1. The molecule has 4 aromatic rings. The molecule has 2 aromatic carbocycles. The first-order chi connectivity index (χ1) is 15.6. The minimum Gasteiger partial charge on any atom is -0.409 e. The van der Waals surface area contributed by atoms with E-state index in [0.717, 1.165) is 23.6 Å². The van der Waals surface area contributed by atoms with Crippen LogP contribution in [0.15, 0.2) is 71.2 Å². The molecular formula is C20H13F3N4O4S2. The van der Waals surface area contributed by atoms with Crippen LogP contribution in [0.3, 0.4) is 0 Å². The Bertz CT molecular complexity index is 1410. The molecule has 2 aromatic heterocycles. The molecule has 0 unspecified atom stereocenters. The van der Waals surface area contributed by atoms with E-state index in [-0.39, 0.29) is 32.4 Å². The summed E-state index contributed by atoms with van der Waals surface area (Å²) in [7, 11) is -3.86. The van der Waals surface area contributed by atoms with Crippen LogP contribution in [0.1, 0.15) is 5.56 Å². The van der Waals surface area contributed by atoms with Gasteiger partial charge in [0.05, 0.1) is 16.0 Å². The van der Waals surface area contributed by atoms with E-state index in [0.29, 0.717) is 0 Å². The van der Waals surface area contributed by atoms with Crippen LogP contribution in [0, 0.1) is 0 Å². The number of carbonyl (C=O) groups excluding carboxylic acids is 1. The molecule has 4 rings (SSSR count). The Hall–Kier alpha value is -3.71. The van der Waals surface area contributed by atoms with Crippen molar-refractivity contribution in [3.63, 3.8) is 0 Å². The molecule has 170 valence electrons. The number of nitrogens with zero attached hydrogens (tertiary/aromatic N) is 2. The molecule has 0 fully saturated rings. The number of rotatable bonds is 5. The average Bonchev–Trinajstić information content (AvgIpc) is 3.25. The van der Waals surface area contributed by atoms with Gasteiger partial charge in [0.2, 0.25) is 0 Å². The summed E-state index contributed by atoms with van der Waals surface area (Å²) in [6.07, 6.45) is -3.03. The summed E-state index contributed by atoms with van der Waals surface area (Å²) in [4.78, 5) is 19.8. The largest absolute Gasteiger partial charge is 0.418 e. The van der Waals surface area contributed by atoms with Crippen molar-refractivity contribution in [2.45, 2.75) is 11.1 Å². The zero-order chi connectivity index (χ0) is 23.6. The highest BCUT2D eigenvalue weighted by molar-refractivity contribution is 7.93. The number of nitrogens with one attached hydrogen (secondary N) is 2. The van der Waals surface area contributed by atoms with Gasteiger partial charge < -0.3 is 4.74 Å². The van der Waals surface area contributed by atoms with Crippen LogP contribution in [-0.2, 0) is 16.2 Å². The highest BCUT2D eigenvalue weighted by atomic mass is 32.2. The van der Waals surface area contributed by atoms with Crippen molar-refractivity contribution in [1.29, 1.82) is 0 Å². The summed E-state index contributed by atoms with van der Waals surface area (Å²) in [6.45, 7) is 0. The molecule has 0 atom stereocenters. The van der Waals surface area contributed by atoms with Gasteiger partial charge in [0, 0.05) is 28.8 Å². The number of halogens is 3. The minimum absolute atomic E-state index is 0.0113. The second kappa shape index (κ2) is 8.67. The zero-order valence-electron chi connectivity index (χ0n) is 16.3. The first kappa shape index (κ1) is 22.5. The van der Waals surface area contributed by atoms with Crippen molar-refractivity contribution in [3.8, 4) is 5.75 Å². The van der Waals surface area contributed by atoms with Gasteiger partial charge in [0.1, 0.15) is 5.75 Å². The molecule has 0 radical (unpaired) electrons. The van der Waals surface area contributed by atoms with Crippen LogP contribution >= 0.6 is 11.3 Å². The molecule has 0 aliphatic rings. The molecule has 0 saturated carbocycles. The fourth-order valence-electron chi connectivity index (χ4n) is 2.88. The summed E-state index contributed by atoms with van der Waals surface area (Å²) in [5.41, 5.74) is -1.09. The van der Waals surface area contributed by atoms with E-state index in [2.05, 4.69) is 20.0 Å². The molecule has 2 N–H and O–H groups in total. The number of alkyl halides is 3. The van der Waals surface area contributed by atoms with Gasteiger partial charge in [-0.25, -0.2) is 18.2 Å². The molecule has 0 aliphatic heterocycles. The van der Waals surface area contributed by atoms with Crippen LogP contribution in [0.4, 0.5) is 28.8 Å². The Morgan fingerprint density at radius 2 is 1.76 bits per heavy atom. The molecule has 0 saturated heterocycles. The summed E-state index contributed by atoms with van der Waals surface area (Å²) < 4.78 is 71.8. The van der Waals surface area contributed by atoms with Crippen LogP contribution < -0.4 is 14.8 Å². The Balaban J connectivity index is 1.49. The van der Waals surface area contributed by atoms with Gasteiger partial charge in [0.25, 0.3) is 10.0 Å². The average molecular weight is 494 g/mol. The van der Waals surface area contributed by atoms with Crippen molar-refractivity contribution in [1.82, 2.24) is 9.97 Å². The lowest BCUT2D eigenvalue weighted by Crippen LogP contribution is -2.17. The standard InChI is InChI=1S/C20H13F3N4O4S2/c21-20(22,23)15-3-1-2-14-16(8-9-24-17(14)15)31-19(28)26-12-4-6-13(7-5-12)33(29,30)27-18-25-10-11-32-18/h1-11H,(H,25,27)(H,26,28). The molecule has 2 heterocycles. The number of amides is 1. The van der Waals surface area contributed by atoms with Crippen LogP contribution in [0.25, 0.3) is 10.9 Å². The number of hydrogen-bond donors (Lipinski definition) is 2. The van der Waals surface area contributed by atoms with Gasteiger partial charge in [0.15, 0.2) is 5.13 Å². The molecule has 13 heteroatoms. The quantitative estimate of drug-likeness (QED) is 0.398. The maximum absolute atomic E-state index is 13.2. The van der Waals surface area contributed by atoms with E-state index in [1.165, 1.54) is 48.7 Å². The third-order valence-electron chi connectivity index (χ3n) is 4.30. The van der Waals surface area contributed by atoms with Gasteiger partial charge in [-0.05, 0) is 42.5 Å². The smallest absolute Gasteiger partial charge is 0.409 e. The fourth-order valence-corrected chi connectivity index (χ4v) is 4.67. The van der Waals surface area contributed by atoms with Crippen molar-refractivity contribution in [2.24, 2.45) is 0 Å². The van der Waals surface area contributed by atoms with Crippen molar-refractivity contribution in [3.05, 3.63) is 71.9 Å². The summed E-state index contributed by atoms with van der Waals surface area (Å²) in [5, 5.41) is 4.23. The highest BCUT2D eigenvalue weighted by Gasteiger charge is 2.33. The van der Waals surface area contributed by atoms with E-state index < -0.39 is 27.9 Å². The van der Waals surface area contributed by atoms with Gasteiger partial charge >= 0.3 is 12.3 Å². The Labute approximate surface area is 189 Å². The van der Waals surface area contributed by atoms with Crippen LogP contribution in [-0.4, -0.2) is 24.5 Å². The van der Waals surface area contributed by atoms with Crippen molar-refractivity contribution in [2.75, 3.05) is 10.0 Å². The summed E-state index contributed by atoms with van der Waals surface area (Å²) in [5.74, 6) is -0.115. The van der Waals surface area contributed by atoms with E-state index in [1.54, 1.807) is 5.38 Å². The number of fused-ring (bicyclic) bond motifs is 1. The first-order valence-electron chi connectivity index (χ1n) is 9.10. The summed E-state index contributed by atoms with van der Waals surface area (Å²) in [6, 6.07) is 9.91. The lowest BCUT2D eigenvalue weighted by atomic mass is 10.1. The van der Waals surface area contributed by atoms with Crippen LogP contribution in [0.5, 0.6) is 5.75 Å². The number of anilines is 2. The third kappa shape index (κ3) is 5.04. The van der Waals surface area contributed by atoms with Gasteiger partial charge in [-0.3, -0.25) is 15.0 Å². The highest BCUT2D eigenvalue weighted by Crippen LogP contribution is 2.36. The lowest BCUT2D eigenvalue weighted by molar-refractivity contribution is -0.136. The Morgan fingerprint density at radius 3 is 2.42 bits per heavy atom. The molecular weight excluding hydrogens is 481 g/mol. The van der Waals surface area contributed by atoms with Gasteiger partial charge in [-0.15, -0.1) is 11.3 Å². The molecule has 0 bridgehead atoms. The fraction of sp³-hybridized carbons (Fsp3) is 0.0500. The van der Waals surface area contributed by atoms with Crippen LogP contribution in [0.2, 0.25) is 0 Å². The van der Waals surface area contributed by atoms with Gasteiger partial charge in [-0.1, -0.05) is 6.07 Å². The van der Waals surface area contributed by atoms with E-state index >= 15 is 0 Å². The molecule has 0 aliphatic carbocycles. The maximum atomic E-state index is 13.2.